The first-order valence-corrected chi connectivity index (χ1v) is 8.08. The largest absolute Gasteiger partial charge is 0.467 e. The molecule has 25 heavy (non-hydrogen) atoms. The van der Waals surface area contributed by atoms with Crippen molar-refractivity contribution in [3.63, 3.8) is 0 Å². The highest BCUT2D eigenvalue weighted by atomic mass is 16.5. The van der Waals surface area contributed by atoms with Crippen LogP contribution in [0.3, 0.4) is 0 Å². The van der Waals surface area contributed by atoms with Crippen LogP contribution in [0.2, 0.25) is 0 Å². The molecule has 1 amide bonds. The second kappa shape index (κ2) is 6.45. The Bertz CT molecular complexity index is 843. The number of carbonyl (C=O) groups is 1. The predicted octanol–water partition coefficient (Wildman–Crippen LogP) is 3.37. The molecular formula is C20H17NO4. The molecular weight excluding hydrogens is 318 g/mol. The predicted molar refractivity (Wildman–Crippen MR) is 91.5 cm³/mol. The van der Waals surface area contributed by atoms with E-state index < -0.39 is 12.0 Å². The maximum atomic E-state index is 13.1. The molecule has 1 aromatic heterocycles. The standard InChI is InChI=1S/C20H17NO4/c22-12-15(18-10-5-11-24-18)21-20(23)19-13-6-1-3-8-16(13)25-17-9-4-2-7-14(17)19/h1-11,15,19,22H,12H2,(H,21,23). The van der Waals surface area contributed by atoms with Crippen LogP contribution in [0.15, 0.2) is 71.3 Å². The number of hydrogen-bond acceptors (Lipinski definition) is 4. The summed E-state index contributed by atoms with van der Waals surface area (Å²) in [5, 5.41) is 12.5. The van der Waals surface area contributed by atoms with E-state index in [1.165, 1.54) is 6.26 Å². The van der Waals surface area contributed by atoms with E-state index in [0.717, 1.165) is 11.1 Å². The second-order valence-electron chi connectivity index (χ2n) is 5.87. The van der Waals surface area contributed by atoms with Gasteiger partial charge in [0.25, 0.3) is 0 Å². The van der Waals surface area contributed by atoms with Gasteiger partial charge in [-0.25, -0.2) is 0 Å². The zero-order valence-electron chi connectivity index (χ0n) is 13.4. The SMILES string of the molecule is O=C(NC(CO)c1ccco1)C1c2ccccc2Oc2ccccc21. The minimum absolute atomic E-state index is 0.210. The van der Waals surface area contributed by atoms with Crippen LogP contribution in [0.25, 0.3) is 0 Å². The molecule has 1 unspecified atom stereocenters. The fourth-order valence-electron chi connectivity index (χ4n) is 3.14. The van der Waals surface area contributed by atoms with E-state index in [2.05, 4.69) is 5.32 Å². The van der Waals surface area contributed by atoms with Crippen molar-refractivity contribution in [2.24, 2.45) is 0 Å². The second-order valence-corrected chi connectivity index (χ2v) is 5.87. The minimum atomic E-state index is -0.593. The molecule has 0 saturated heterocycles. The summed E-state index contributed by atoms with van der Waals surface area (Å²) in [5.41, 5.74) is 1.60. The topological polar surface area (TPSA) is 71.7 Å². The van der Waals surface area contributed by atoms with Crippen LogP contribution >= 0.6 is 0 Å². The van der Waals surface area contributed by atoms with Gasteiger partial charge in [-0.05, 0) is 24.3 Å². The van der Waals surface area contributed by atoms with Crippen molar-refractivity contribution in [3.05, 3.63) is 83.8 Å². The highest BCUT2D eigenvalue weighted by molar-refractivity contribution is 5.89. The zero-order chi connectivity index (χ0) is 17.2. The van der Waals surface area contributed by atoms with Gasteiger partial charge in [-0.15, -0.1) is 0 Å². The number of aliphatic hydroxyl groups is 1. The Balaban J connectivity index is 1.70. The summed E-state index contributed by atoms with van der Waals surface area (Å²) in [6, 6.07) is 17.8. The molecule has 2 aromatic carbocycles. The van der Waals surface area contributed by atoms with Gasteiger partial charge in [-0.1, -0.05) is 36.4 Å². The van der Waals surface area contributed by atoms with E-state index in [1.54, 1.807) is 12.1 Å². The van der Waals surface area contributed by atoms with Crippen molar-refractivity contribution >= 4 is 5.91 Å². The zero-order valence-corrected chi connectivity index (χ0v) is 13.4. The summed E-state index contributed by atoms with van der Waals surface area (Å²) in [5.74, 6) is 1.13. The number of aliphatic hydroxyl groups excluding tert-OH is 1. The Kier molecular flexibility index (Phi) is 3.99. The van der Waals surface area contributed by atoms with Crippen molar-refractivity contribution in [2.75, 3.05) is 6.61 Å². The number of rotatable bonds is 4. The molecule has 0 bridgehead atoms. The lowest BCUT2D eigenvalue weighted by atomic mass is 9.87. The third kappa shape index (κ3) is 2.79. The molecule has 1 aliphatic rings. The maximum Gasteiger partial charge on any atom is 0.232 e. The molecule has 2 heterocycles. The van der Waals surface area contributed by atoms with Gasteiger partial charge in [-0.3, -0.25) is 4.79 Å². The normalized spacial score (nSPS) is 14.1. The number of para-hydroxylation sites is 2. The van der Waals surface area contributed by atoms with Crippen molar-refractivity contribution in [2.45, 2.75) is 12.0 Å². The van der Waals surface area contributed by atoms with Gasteiger partial charge in [0.2, 0.25) is 5.91 Å². The fourth-order valence-corrected chi connectivity index (χ4v) is 3.14. The number of carbonyl (C=O) groups excluding carboxylic acids is 1. The lowest BCUT2D eigenvalue weighted by molar-refractivity contribution is -0.123. The molecule has 5 heteroatoms. The Morgan fingerprint density at radius 1 is 1.00 bits per heavy atom. The van der Waals surface area contributed by atoms with Crippen LogP contribution in [0.4, 0.5) is 0 Å². The summed E-state index contributed by atoms with van der Waals surface area (Å²) in [4.78, 5) is 13.1. The van der Waals surface area contributed by atoms with Gasteiger partial charge in [0.05, 0.1) is 18.8 Å². The van der Waals surface area contributed by atoms with Crippen molar-refractivity contribution in [1.82, 2.24) is 5.32 Å². The fraction of sp³-hybridized carbons (Fsp3) is 0.150. The molecule has 0 fully saturated rings. The molecule has 0 radical (unpaired) electrons. The molecule has 3 aromatic rings. The molecule has 5 nitrogen and oxygen atoms in total. The average molecular weight is 335 g/mol. The molecule has 1 atom stereocenters. The van der Waals surface area contributed by atoms with Crippen LogP contribution in [-0.4, -0.2) is 17.6 Å². The van der Waals surface area contributed by atoms with Crippen molar-refractivity contribution < 1.29 is 19.1 Å². The number of nitrogens with one attached hydrogen (secondary N) is 1. The summed E-state index contributed by atoms with van der Waals surface area (Å²) < 4.78 is 11.2. The van der Waals surface area contributed by atoms with E-state index in [9.17, 15) is 9.90 Å². The third-order valence-corrected chi connectivity index (χ3v) is 4.33. The summed E-state index contributed by atoms with van der Waals surface area (Å²) in [6.45, 7) is -0.244. The van der Waals surface area contributed by atoms with Crippen LogP contribution < -0.4 is 10.1 Å². The molecule has 1 aliphatic heterocycles. The summed E-state index contributed by atoms with van der Waals surface area (Å²) in [7, 11) is 0. The van der Waals surface area contributed by atoms with E-state index >= 15 is 0 Å². The lowest BCUT2D eigenvalue weighted by Crippen LogP contribution is -2.35. The van der Waals surface area contributed by atoms with Gasteiger partial charge >= 0.3 is 0 Å². The Morgan fingerprint density at radius 2 is 1.64 bits per heavy atom. The molecule has 0 saturated carbocycles. The third-order valence-electron chi connectivity index (χ3n) is 4.33. The highest BCUT2D eigenvalue weighted by Gasteiger charge is 2.33. The quantitative estimate of drug-likeness (QED) is 0.767. The van der Waals surface area contributed by atoms with Crippen molar-refractivity contribution in [3.8, 4) is 11.5 Å². The number of hydrogen-bond donors (Lipinski definition) is 2. The Labute approximate surface area is 144 Å². The van der Waals surface area contributed by atoms with E-state index in [-0.39, 0.29) is 12.5 Å². The Hall–Kier alpha value is -3.05. The molecule has 0 spiro atoms. The number of furan rings is 1. The average Bonchev–Trinajstić information content (AvgIpc) is 3.18. The number of amides is 1. The van der Waals surface area contributed by atoms with Crippen LogP contribution in [0.5, 0.6) is 11.5 Å². The Morgan fingerprint density at radius 3 is 2.20 bits per heavy atom. The monoisotopic (exact) mass is 335 g/mol. The van der Waals surface area contributed by atoms with E-state index in [1.807, 2.05) is 48.5 Å². The van der Waals surface area contributed by atoms with E-state index in [0.29, 0.717) is 17.3 Å². The lowest BCUT2D eigenvalue weighted by Gasteiger charge is -2.28. The number of fused-ring (bicyclic) bond motifs is 2. The molecule has 126 valence electrons. The minimum Gasteiger partial charge on any atom is -0.467 e. The number of benzene rings is 2. The van der Waals surface area contributed by atoms with Gasteiger partial charge < -0.3 is 19.6 Å². The first-order chi connectivity index (χ1) is 12.3. The number of ether oxygens (including phenoxy) is 1. The maximum absolute atomic E-state index is 13.1. The summed E-state index contributed by atoms with van der Waals surface area (Å²) in [6.07, 6.45) is 1.52. The van der Waals surface area contributed by atoms with Gasteiger partial charge in [-0.2, -0.15) is 0 Å². The first-order valence-electron chi connectivity index (χ1n) is 8.08. The first kappa shape index (κ1) is 15.5. The highest BCUT2D eigenvalue weighted by Crippen LogP contribution is 2.44. The molecule has 4 rings (SSSR count). The molecule has 0 aliphatic carbocycles. The van der Waals surface area contributed by atoms with Crippen LogP contribution in [0.1, 0.15) is 28.8 Å². The van der Waals surface area contributed by atoms with Crippen LogP contribution in [-0.2, 0) is 4.79 Å². The smallest absolute Gasteiger partial charge is 0.232 e. The van der Waals surface area contributed by atoms with Gasteiger partial charge in [0, 0.05) is 11.1 Å². The van der Waals surface area contributed by atoms with Crippen molar-refractivity contribution in [1.29, 1.82) is 0 Å². The van der Waals surface area contributed by atoms with Gasteiger partial charge in [0.15, 0.2) is 0 Å². The van der Waals surface area contributed by atoms with Crippen LogP contribution in [0, 0.1) is 0 Å². The van der Waals surface area contributed by atoms with Gasteiger partial charge in [0.1, 0.15) is 23.3 Å². The summed E-state index contributed by atoms with van der Waals surface area (Å²) >= 11 is 0. The van der Waals surface area contributed by atoms with E-state index in [4.69, 9.17) is 9.15 Å². The molecule has 2 N–H and O–H groups in total.